The lowest BCUT2D eigenvalue weighted by Crippen LogP contribution is -2.25. The maximum Gasteiger partial charge on any atom is 0.251 e. The van der Waals surface area contributed by atoms with Gasteiger partial charge in [0, 0.05) is 34.1 Å². The lowest BCUT2D eigenvalue weighted by atomic mass is 10.2. The number of hydrogen-bond donors (Lipinski definition) is 2. The van der Waals surface area contributed by atoms with Crippen LogP contribution >= 0.6 is 22.9 Å². The third-order valence-corrected chi connectivity index (χ3v) is 4.43. The molecule has 1 aliphatic carbocycles. The van der Waals surface area contributed by atoms with Crippen LogP contribution < -0.4 is 10.6 Å². The topological polar surface area (TPSA) is 41.1 Å². The van der Waals surface area contributed by atoms with Crippen LogP contribution in [0.3, 0.4) is 0 Å². The predicted molar refractivity (Wildman–Crippen MR) is 83.6 cm³/mol. The molecule has 3 nitrogen and oxygen atoms in total. The zero-order valence-electron chi connectivity index (χ0n) is 10.9. The van der Waals surface area contributed by atoms with Crippen LogP contribution in [0.25, 0.3) is 0 Å². The van der Waals surface area contributed by atoms with E-state index in [-0.39, 0.29) is 5.91 Å². The Morgan fingerprint density at radius 3 is 2.65 bits per heavy atom. The van der Waals surface area contributed by atoms with Crippen LogP contribution in [-0.4, -0.2) is 11.9 Å². The van der Waals surface area contributed by atoms with Crippen molar-refractivity contribution in [3.8, 4) is 0 Å². The van der Waals surface area contributed by atoms with Crippen molar-refractivity contribution in [2.24, 2.45) is 0 Å². The molecule has 0 saturated heterocycles. The van der Waals surface area contributed by atoms with Crippen LogP contribution in [0, 0.1) is 0 Å². The molecule has 0 aliphatic heterocycles. The van der Waals surface area contributed by atoms with Crippen LogP contribution in [0.4, 0.5) is 5.69 Å². The molecule has 1 heterocycles. The van der Waals surface area contributed by atoms with Gasteiger partial charge in [0.1, 0.15) is 0 Å². The van der Waals surface area contributed by atoms with E-state index >= 15 is 0 Å². The lowest BCUT2D eigenvalue weighted by molar-refractivity contribution is 0.0951. The summed E-state index contributed by atoms with van der Waals surface area (Å²) in [6.07, 6.45) is 2.21. The van der Waals surface area contributed by atoms with Gasteiger partial charge in [0.05, 0.1) is 5.02 Å². The normalized spacial score (nSPS) is 14.1. The van der Waals surface area contributed by atoms with E-state index in [0.29, 0.717) is 11.6 Å². The van der Waals surface area contributed by atoms with Crippen LogP contribution in [0.2, 0.25) is 5.02 Å². The monoisotopic (exact) mass is 306 g/mol. The highest BCUT2D eigenvalue weighted by molar-refractivity contribution is 7.10. The van der Waals surface area contributed by atoms with Crippen LogP contribution in [-0.2, 0) is 6.54 Å². The van der Waals surface area contributed by atoms with E-state index in [0.717, 1.165) is 30.1 Å². The molecule has 2 N–H and O–H groups in total. The fraction of sp³-hybridized carbons (Fsp3) is 0.267. The zero-order chi connectivity index (χ0) is 13.9. The predicted octanol–water partition coefficient (Wildman–Crippen LogP) is 3.91. The third kappa shape index (κ3) is 3.52. The fourth-order valence-electron chi connectivity index (χ4n) is 1.87. The number of anilines is 1. The lowest BCUT2D eigenvalue weighted by Gasteiger charge is -2.07. The largest absolute Gasteiger partial charge is 0.380 e. The van der Waals surface area contributed by atoms with E-state index in [9.17, 15) is 4.79 Å². The summed E-state index contributed by atoms with van der Waals surface area (Å²) < 4.78 is 0. The minimum atomic E-state index is 0.0177. The Bertz CT molecular complexity index is 605. The number of carbonyl (C=O) groups excluding carboxylic acids is 1. The number of nitrogens with one attached hydrogen (secondary N) is 2. The minimum Gasteiger partial charge on any atom is -0.380 e. The van der Waals surface area contributed by atoms with Gasteiger partial charge < -0.3 is 10.6 Å². The van der Waals surface area contributed by atoms with Gasteiger partial charge in [-0.2, -0.15) is 0 Å². The number of benzene rings is 1. The van der Waals surface area contributed by atoms with Gasteiger partial charge in [0.2, 0.25) is 0 Å². The Balaban J connectivity index is 1.56. The first-order chi connectivity index (χ1) is 9.70. The summed E-state index contributed by atoms with van der Waals surface area (Å²) >= 11 is 7.51. The third-order valence-electron chi connectivity index (χ3n) is 3.15. The molecule has 0 bridgehead atoms. The van der Waals surface area contributed by atoms with Crippen molar-refractivity contribution >= 4 is 34.5 Å². The van der Waals surface area contributed by atoms with Gasteiger partial charge in [-0.3, -0.25) is 4.79 Å². The van der Waals surface area contributed by atoms with Gasteiger partial charge >= 0.3 is 0 Å². The Kier molecular flexibility index (Phi) is 3.94. The molecule has 5 heteroatoms. The second-order valence-corrected chi connectivity index (χ2v) is 6.34. The average Bonchev–Trinajstić information content (AvgIpc) is 3.17. The molecule has 0 atom stereocenters. The van der Waals surface area contributed by atoms with Crippen LogP contribution in [0.1, 0.15) is 28.1 Å². The molecule has 1 saturated carbocycles. The molecule has 104 valence electrons. The molecular weight excluding hydrogens is 292 g/mol. The maximum absolute atomic E-state index is 11.8. The van der Waals surface area contributed by atoms with Gasteiger partial charge in [0.25, 0.3) is 5.91 Å². The zero-order valence-corrected chi connectivity index (χ0v) is 12.4. The van der Waals surface area contributed by atoms with Gasteiger partial charge in [-0.1, -0.05) is 11.6 Å². The number of carbonyl (C=O) groups is 1. The summed E-state index contributed by atoms with van der Waals surface area (Å²) in [6, 6.07) is 9.90. The first-order valence-electron chi connectivity index (χ1n) is 6.58. The Morgan fingerprint density at radius 2 is 2.05 bits per heavy atom. The van der Waals surface area contributed by atoms with E-state index in [4.69, 9.17) is 11.6 Å². The van der Waals surface area contributed by atoms with Gasteiger partial charge in [0.15, 0.2) is 0 Å². The molecule has 3 rings (SSSR count). The van der Waals surface area contributed by atoms with Gasteiger partial charge in [-0.25, -0.2) is 0 Å². The number of amides is 1. The summed E-state index contributed by atoms with van der Waals surface area (Å²) in [5, 5.41) is 8.99. The van der Waals surface area contributed by atoms with Gasteiger partial charge in [-0.15, -0.1) is 11.3 Å². The smallest absolute Gasteiger partial charge is 0.251 e. The summed E-state index contributed by atoms with van der Waals surface area (Å²) in [6.45, 7) is 0.741. The maximum atomic E-state index is 11.8. The summed E-state index contributed by atoms with van der Waals surface area (Å²) in [4.78, 5) is 13.0. The minimum absolute atomic E-state index is 0.0177. The van der Waals surface area contributed by atoms with E-state index < -0.39 is 0 Å². The van der Waals surface area contributed by atoms with E-state index in [1.165, 1.54) is 4.88 Å². The first-order valence-corrected chi connectivity index (χ1v) is 7.84. The SMILES string of the molecule is O=C(NC1CC1)c1ccc(NCc2cc(Cl)cs2)cc1. The van der Waals surface area contributed by atoms with Crippen molar-refractivity contribution in [3.05, 3.63) is 51.2 Å². The van der Waals surface area contributed by atoms with Crippen molar-refractivity contribution in [2.45, 2.75) is 25.4 Å². The Hall–Kier alpha value is -1.52. The highest BCUT2D eigenvalue weighted by atomic mass is 35.5. The molecule has 0 unspecified atom stereocenters. The molecule has 1 aromatic heterocycles. The molecule has 1 fully saturated rings. The molecule has 1 aliphatic rings. The van der Waals surface area contributed by atoms with Crippen LogP contribution in [0.5, 0.6) is 0 Å². The van der Waals surface area contributed by atoms with E-state index in [2.05, 4.69) is 10.6 Å². The quantitative estimate of drug-likeness (QED) is 0.879. The van der Waals surface area contributed by atoms with E-state index in [1.807, 2.05) is 35.7 Å². The number of thiophene rings is 1. The second kappa shape index (κ2) is 5.85. The standard InChI is InChI=1S/C15H15ClN2OS/c16-11-7-14(20-9-11)8-17-12-3-1-10(2-4-12)15(19)18-13-5-6-13/h1-4,7,9,13,17H,5-6,8H2,(H,18,19). The summed E-state index contributed by atoms with van der Waals surface area (Å²) in [7, 11) is 0. The second-order valence-electron chi connectivity index (χ2n) is 4.91. The fourth-order valence-corrected chi connectivity index (χ4v) is 2.88. The molecule has 1 aromatic carbocycles. The summed E-state index contributed by atoms with van der Waals surface area (Å²) in [5.74, 6) is 0.0177. The molecular formula is C15H15ClN2OS. The van der Waals surface area contributed by atoms with Crippen molar-refractivity contribution < 1.29 is 4.79 Å². The molecule has 2 aromatic rings. The first kappa shape index (κ1) is 13.5. The highest BCUT2D eigenvalue weighted by Gasteiger charge is 2.23. The number of halogens is 1. The summed E-state index contributed by atoms with van der Waals surface area (Å²) in [5.41, 5.74) is 1.71. The number of rotatable bonds is 5. The molecule has 0 spiro atoms. The van der Waals surface area contributed by atoms with E-state index in [1.54, 1.807) is 11.3 Å². The number of hydrogen-bond acceptors (Lipinski definition) is 3. The van der Waals surface area contributed by atoms with Gasteiger partial charge in [-0.05, 0) is 43.2 Å². The molecule has 0 radical (unpaired) electrons. The van der Waals surface area contributed by atoms with Crippen molar-refractivity contribution in [2.75, 3.05) is 5.32 Å². The molecule has 20 heavy (non-hydrogen) atoms. The highest BCUT2D eigenvalue weighted by Crippen LogP contribution is 2.21. The van der Waals surface area contributed by atoms with Crippen molar-refractivity contribution in [1.29, 1.82) is 0 Å². The Labute approximate surface area is 127 Å². The Morgan fingerprint density at radius 1 is 1.30 bits per heavy atom. The average molecular weight is 307 g/mol. The molecule has 1 amide bonds. The van der Waals surface area contributed by atoms with Crippen molar-refractivity contribution in [1.82, 2.24) is 5.32 Å². The van der Waals surface area contributed by atoms with Crippen LogP contribution in [0.15, 0.2) is 35.7 Å². The van der Waals surface area contributed by atoms with Crippen molar-refractivity contribution in [3.63, 3.8) is 0 Å².